The van der Waals surface area contributed by atoms with Crippen LogP contribution in [-0.4, -0.2) is 73.0 Å². The van der Waals surface area contributed by atoms with Gasteiger partial charge in [0.1, 0.15) is 19.3 Å². The monoisotopic (exact) mass is 572 g/mol. The fourth-order valence-electron chi connectivity index (χ4n) is 4.35. The van der Waals surface area contributed by atoms with Gasteiger partial charge in [-0.1, -0.05) is 103 Å². The molecule has 10 heteroatoms. The molecule has 0 radical (unpaired) electrons. The first-order chi connectivity index (χ1) is 19.4. The van der Waals surface area contributed by atoms with E-state index in [1.807, 2.05) is 0 Å². The summed E-state index contributed by atoms with van der Waals surface area (Å²) in [6, 6.07) is -1.03. The Labute approximate surface area is 241 Å². The van der Waals surface area contributed by atoms with Crippen molar-refractivity contribution in [1.29, 1.82) is 0 Å². The minimum absolute atomic E-state index is 0.202. The van der Waals surface area contributed by atoms with Gasteiger partial charge in [-0.25, -0.2) is 9.59 Å². The summed E-state index contributed by atoms with van der Waals surface area (Å²) in [6.45, 7) is 0.912. The quantitative estimate of drug-likeness (QED) is 0.0808. The van der Waals surface area contributed by atoms with Gasteiger partial charge in [0.25, 0.3) is 0 Å². The zero-order valence-corrected chi connectivity index (χ0v) is 24.9. The maximum Gasteiger partial charge on any atom is 0.344 e. The van der Waals surface area contributed by atoms with E-state index in [1.54, 1.807) is 0 Å². The number of esters is 2. The van der Waals surface area contributed by atoms with E-state index in [0.29, 0.717) is 19.4 Å². The van der Waals surface area contributed by atoms with Crippen molar-refractivity contribution < 1.29 is 38.9 Å². The molecule has 40 heavy (non-hydrogen) atoms. The van der Waals surface area contributed by atoms with Crippen LogP contribution in [0.3, 0.4) is 0 Å². The normalized spacial score (nSPS) is 11.6. The molecule has 0 unspecified atom stereocenters. The number of ether oxygens (including phenoxy) is 2. The van der Waals surface area contributed by atoms with Gasteiger partial charge in [0.05, 0.1) is 6.61 Å². The number of aliphatic hydroxyl groups is 2. The van der Waals surface area contributed by atoms with Crippen LogP contribution in [0.4, 0.5) is 0 Å². The van der Waals surface area contributed by atoms with Gasteiger partial charge in [0, 0.05) is 6.54 Å². The molecule has 0 aliphatic heterocycles. The van der Waals surface area contributed by atoms with Crippen molar-refractivity contribution in [3.8, 4) is 0 Å². The van der Waals surface area contributed by atoms with Gasteiger partial charge < -0.3 is 30.3 Å². The van der Waals surface area contributed by atoms with E-state index < -0.39 is 49.6 Å². The number of hydrogen-bond donors (Lipinski definition) is 4. The van der Waals surface area contributed by atoms with Crippen LogP contribution in [0.1, 0.15) is 129 Å². The first kappa shape index (κ1) is 37.8. The number of carbonyl (C=O) groups is 4. The Morgan fingerprint density at radius 3 is 1.62 bits per heavy atom. The average Bonchev–Trinajstić information content (AvgIpc) is 2.96. The van der Waals surface area contributed by atoms with Gasteiger partial charge in [-0.15, -0.1) is 0 Å². The number of nitrogens with one attached hydrogen (secondary N) is 2. The highest BCUT2D eigenvalue weighted by atomic mass is 16.6. The smallest absolute Gasteiger partial charge is 0.344 e. The van der Waals surface area contributed by atoms with Crippen molar-refractivity contribution in [3.63, 3.8) is 0 Å². The lowest BCUT2D eigenvalue weighted by molar-refractivity contribution is -0.160. The topological polar surface area (TPSA) is 151 Å². The van der Waals surface area contributed by atoms with Crippen LogP contribution in [0.15, 0.2) is 0 Å². The molecule has 0 aliphatic rings. The molecular weight excluding hydrogens is 516 g/mol. The molecule has 10 nitrogen and oxygen atoms in total. The molecule has 0 aromatic heterocycles. The predicted molar refractivity (Wildman–Crippen MR) is 154 cm³/mol. The molecule has 2 amide bonds. The summed E-state index contributed by atoms with van der Waals surface area (Å²) in [4.78, 5) is 46.8. The Morgan fingerprint density at radius 1 is 0.625 bits per heavy atom. The van der Waals surface area contributed by atoms with Crippen LogP contribution in [0.25, 0.3) is 0 Å². The average molecular weight is 573 g/mol. The van der Waals surface area contributed by atoms with Crippen molar-refractivity contribution in [2.24, 2.45) is 0 Å². The Hall–Kier alpha value is -2.20. The van der Waals surface area contributed by atoms with Gasteiger partial charge in [0.2, 0.25) is 11.8 Å². The van der Waals surface area contributed by atoms with Crippen LogP contribution in [-0.2, 0) is 28.7 Å². The lowest BCUT2D eigenvalue weighted by atomic mass is 10.0. The summed E-state index contributed by atoms with van der Waals surface area (Å²) < 4.78 is 10.1. The number of rotatable bonds is 28. The van der Waals surface area contributed by atoms with E-state index in [2.05, 4.69) is 17.6 Å². The fourth-order valence-corrected chi connectivity index (χ4v) is 4.35. The highest BCUT2D eigenvalue weighted by Crippen LogP contribution is 2.13. The Morgan fingerprint density at radius 2 is 1.12 bits per heavy atom. The second-order valence-corrected chi connectivity index (χ2v) is 10.4. The number of aliphatic hydroxyl groups excluding tert-OH is 2. The molecule has 1 atom stereocenters. The van der Waals surface area contributed by atoms with Gasteiger partial charge in [0.15, 0.2) is 6.61 Å². The number of hydrogen-bond acceptors (Lipinski definition) is 8. The third-order valence-corrected chi connectivity index (χ3v) is 6.74. The first-order valence-corrected chi connectivity index (χ1v) is 15.5. The van der Waals surface area contributed by atoms with E-state index in [4.69, 9.17) is 19.7 Å². The van der Waals surface area contributed by atoms with E-state index in [1.165, 1.54) is 83.5 Å². The number of carbonyl (C=O) groups excluding carboxylic acids is 4. The maximum absolute atomic E-state index is 12.3. The Balaban J connectivity index is 3.77. The third-order valence-electron chi connectivity index (χ3n) is 6.74. The van der Waals surface area contributed by atoms with Crippen LogP contribution in [0.2, 0.25) is 0 Å². The molecule has 0 aromatic rings. The molecule has 0 fully saturated rings. The summed E-state index contributed by atoms with van der Waals surface area (Å²) >= 11 is 0. The zero-order chi connectivity index (χ0) is 29.7. The predicted octanol–water partition coefficient (Wildman–Crippen LogP) is 4.09. The molecule has 0 saturated heterocycles. The summed E-state index contributed by atoms with van der Waals surface area (Å²) in [7, 11) is 0. The highest BCUT2D eigenvalue weighted by molar-refractivity contribution is 5.86. The largest absolute Gasteiger partial charge is 0.463 e. The Bertz CT molecular complexity index is 660. The van der Waals surface area contributed by atoms with Gasteiger partial charge in [-0.05, 0) is 25.7 Å². The van der Waals surface area contributed by atoms with E-state index in [9.17, 15) is 19.2 Å². The molecule has 4 N–H and O–H groups in total. The molecule has 0 heterocycles. The molecule has 0 bridgehead atoms. The molecule has 0 spiro atoms. The zero-order valence-electron chi connectivity index (χ0n) is 24.9. The summed E-state index contributed by atoms with van der Waals surface area (Å²) in [5.74, 6) is -2.67. The summed E-state index contributed by atoms with van der Waals surface area (Å²) in [6.07, 6.45) is 21.4. The molecular formula is C30H56N2O8. The molecule has 0 saturated carbocycles. The van der Waals surface area contributed by atoms with Gasteiger partial charge in [-0.2, -0.15) is 0 Å². The minimum atomic E-state index is -1.03. The fraction of sp³-hybridized carbons (Fsp3) is 0.867. The van der Waals surface area contributed by atoms with Crippen LogP contribution in [0.5, 0.6) is 0 Å². The molecule has 0 aliphatic carbocycles. The lowest BCUT2D eigenvalue weighted by Gasteiger charge is -2.17. The van der Waals surface area contributed by atoms with E-state index >= 15 is 0 Å². The maximum atomic E-state index is 12.3. The molecule has 0 aromatic carbocycles. The van der Waals surface area contributed by atoms with Crippen molar-refractivity contribution >= 4 is 23.8 Å². The summed E-state index contributed by atoms with van der Waals surface area (Å²) in [5, 5.41) is 22.5. The number of unbranched alkanes of at least 4 members (excludes halogenated alkanes) is 16. The van der Waals surface area contributed by atoms with Crippen LogP contribution < -0.4 is 10.6 Å². The minimum Gasteiger partial charge on any atom is -0.463 e. The van der Waals surface area contributed by atoms with E-state index in [-0.39, 0.29) is 13.0 Å². The Kier molecular flexibility index (Phi) is 26.8. The van der Waals surface area contributed by atoms with Crippen molar-refractivity contribution in [1.82, 2.24) is 10.6 Å². The van der Waals surface area contributed by atoms with Crippen molar-refractivity contribution in [2.75, 3.05) is 33.0 Å². The van der Waals surface area contributed by atoms with Crippen LogP contribution >= 0.6 is 0 Å². The standard InChI is InChI=1S/C30H56N2O8/c1-2-3-4-5-6-7-8-9-10-11-12-13-14-15-16-19-22-39-29(37)25-40-30(38)26(32-28(36)24-34)20-17-18-21-31-27(35)23-33/h26,33-34H,2-25H2,1H3,(H,31,35)(H,32,36)/t26-/m1/s1. The molecule has 0 rings (SSSR count). The highest BCUT2D eigenvalue weighted by Gasteiger charge is 2.22. The van der Waals surface area contributed by atoms with Gasteiger partial charge in [-0.3, -0.25) is 9.59 Å². The first-order valence-electron chi connectivity index (χ1n) is 15.5. The van der Waals surface area contributed by atoms with Gasteiger partial charge >= 0.3 is 11.9 Å². The second-order valence-electron chi connectivity index (χ2n) is 10.4. The summed E-state index contributed by atoms with van der Waals surface area (Å²) in [5.41, 5.74) is 0. The van der Waals surface area contributed by atoms with Crippen molar-refractivity contribution in [2.45, 2.75) is 135 Å². The SMILES string of the molecule is CCCCCCCCCCCCCCCCCCOC(=O)COC(=O)[C@@H](CCCCNC(=O)CO)NC(=O)CO. The molecule has 234 valence electrons. The lowest BCUT2D eigenvalue weighted by Crippen LogP contribution is -2.43. The number of amides is 2. The van der Waals surface area contributed by atoms with Crippen molar-refractivity contribution in [3.05, 3.63) is 0 Å². The second kappa shape index (κ2) is 28.3. The van der Waals surface area contributed by atoms with E-state index in [0.717, 1.165) is 19.3 Å². The van der Waals surface area contributed by atoms with Crippen LogP contribution in [0, 0.1) is 0 Å². The third kappa shape index (κ3) is 24.8.